The van der Waals surface area contributed by atoms with Crippen LogP contribution in [-0.2, 0) is 16.6 Å². The lowest BCUT2D eigenvalue weighted by Crippen LogP contribution is -2.32. The number of benzene rings is 3. The molecule has 2 N–H and O–H groups in total. The normalized spacial score (nSPS) is 19.3. The largest absolute Gasteiger partial charge is 0.382 e. The van der Waals surface area contributed by atoms with Crippen LogP contribution in [-0.4, -0.2) is 20.7 Å². The number of fused-ring (bicyclic) bond motifs is 1. The Labute approximate surface area is 185 Å². The highest BCUT2D eigenvalue weighted by Gasteiger charge is 2.24. The molecule has 0 aromatic heterocycles. The van der Waals surface area contributed by atoms with Gasteiger partial charge >= 0.3 is 0 Å². The Kier molecular flexibility index (Phi) is 6.44. The van der Waals surface area contributed by atoms with Gasteiger partial charge in [-0.15, -0.1) is 0 Å². The molecule has 0 amide bonds. The summed E-state index contributed by atoms with van der Waals surface area (Å²) in [5.41, 5.74) is 4.46. The second-order valence-electron chi connectivity index (χ2n) is 8.54. The first-order chi connectivity index (χ1) is 14.9. The molecule has 4 rings (SSSR count). The van der Waals surface area contributed by atoms with Crippen molar-refractivity contribution in [2.45, 2.75) is 44.2 Å². The molecule has 4 nitrogen and oxygen atoms in total. The van der Waals surface area contributed by atoms with Crippen molar-refractivity contribution in [2.75, 3.05) is 6.26 Å². The van der Waals surface area contributed by atoms with E-state index in [1.165, 1.54) is 41.0 Å². The Hall–Kier alpha value is -2.63. The molecule has 5 heteroatoms. The number of sulfonamides is 1. The van der Waals surface area contributed by atoms with Crippen molar-refractivity contribution in [3.8, 4) is 0 Å². The lowest BCUT2D eigenvalue weighted by molar-refractivity contribution is 0.367. The van der Waals surface area contributed by atoms with Gasteiger partial charge < -0.3 is 5.32 Å². The molecule has 0 heterocycles. The van der Waals surface area contributed by atoms with Crippen LogP contribution in [0.2, 0.25) is 0 Å². The van der Waals surface area contributed by atoms with Crippen LogP contribution in [0.25, 0.3) is 16.5 Å². The number of rotatable bonds is 7. The topological polar surface area (TPSA) is 58.2 Å². The minimum Gasteiger partial charge on any atom is -0.382 e. The van der Waals surface area contributed by atoms with Crippen molar-refractivity contribution >= 4 is 26.5 Å². The maximum absolute atomic E-state index is 11.3. The van der Waals surface area contributed by atoms with Gasteiger partial charge in [0.15, 0.2) is 0 Å². The van der Waals surface area contributed by atoms with Gasteiger partial charge in [0.1, 0.15) is 0 Å². The average Bonchev–Trinajstić information content (AvgIpc) is 2.77. The molecule has 2 unspecified atom stereocenters. The molecular formula is C26H30N2O2S. The van der Waals surface area contributed by atoms with Crippen molar-refractivity contribution in [3.63, 3.8) is 0 Å². The third kappa shape index (κ3) is 5.54. The Balaban J connectivity index is 1.41. The van der Waals surface area contributed by atoms with Crippen molar-refractivity contribution in [3.05, 3.63) is 90.0 Å². The van der Waals surface area contributed by atoms with Crippen LogP contribution in [0.5, 0.6) is 0 Å². The zero-order valence-corrected chi connectivity index (χ0v) is 18.8. The maximum Gasteiger partial charge on any atom is 0.209 e. The van der Waals surface area contributed by atoms with E-state index in [2.05, 4.69) is 71.2 Å². The zero-order chi connectivity index (χ0) is 21.8. The summed E-state index contributed by atoms with van der Waals surface area (Å²) >= 11 is 0. The van der Waals surface area contributed by atoms with Crippen LogP contribution < -0.4 is 10.0 Å². The van der Waals surface area contributed by atoms with Gasteiger partial charge in [-0.1, -0.05) is 79.7 Å². The number of hydrogen-bond acceptors (Lipinski definition) is 3. The summed E-state index contributed by atoms with van der Waals surface area (Å²) in [7, 11) is -3.18. The van der Waals surface area contributed by atoms with Gasteiger partial charge in [-0.2, -0.15) is 0 Å². The molecule has 0 bridgehead atoms. The predicted molar refractivity (Wildman–Crippen MR) is 129 cm³/mol. The van der Waals surface area contributed by atoms with Crippen molar-refractivity contribution in [1.29, 1.82) is 0 Å². The van der Waals surface area contributed by atoms with Gasteiger partial charge in [0.2, 0.25) is 10.0 Å². The Morgan fingerprint density at radius 3 is 2.52 bits per heavy atom. The minimum absolute atomic E-state index is 0.332. The Morgan fingerprint density at radius 1 is 1.00 bits per heavy atom. The lowest BCUT2D eigenvalue weighted by atomic mass is 9.81. The van der Waals surface area contributed by atoms with Gasteiger partial charge in [0, 0.05) is 23.8 Å². The van der Waals surface area contributed by atoms with Crippen molar-refractivity contribution in [1.82, 2.24) is 10.0 Å². The summed E-state index contributed by atoms with van der Waals surface area (Å²) in [6.07, 6.45) is 5.77. The highest BCUT2D eigenvalue weighted by Crippen LogP contribution is 2.34. The van der Waals surface area contributed by atoms with Crippen molar-refractivity contribution in [2.24, 2.45) is 0 Å². The van der Waals surface area contributed by atoms with E-state index in [0.717, 1.165) is 24.1 Å². The standard InChI is InChI=1S/C26H30N2O2S/c1-19(25-12-6-8-22-7-3-4-11-26(22)25)28-24-10-5-9-23(17-24)21-15-13-20(14-16-21)18-27-31(2,29)30/h3-4,6-8,11-16,23-24,27-28H,1,5,9-10,17-18H2,2H3. The number of nitrogens with one attached hydrogen (secondary N) is 2. The molecule has 3 aromatic carbocycles. The van der Waals surface area contributed by atoms with E-state index >= 15 is 0 Å². The molecule has 1 fully saturated rings. The van der Waals surface area contributed by atoms with E-state index in [9.17, 15) is 8.42 Å². The highest BCUT2D eigenvalue weighted by atomic mass is 32.2. The van der Waals surface area contributed by atoms with Gasteiger partial charge in [-0.05, 0) is 47.1 Å². The molecule has 0 spiro atoms. The first-order valence-corrected chi connectivity index (χ1v) is 12.8. The fourth-order valence-electron chi connectivity index (χ4n) is 4.56. The quantitative estimate of drug-likeness (QED) is 0.539. The predicted octanol–water partition coefficient (Wildman–Crippen LogP) is 5.18. The monoisotopic (exact) mass is 434 g/mol. The molecule has 162 valence electrons. The van der Waals surface area contributed by atoms with Crippen LogP contribution >= 0.6 is 0 Å². The summed E-state index contributed by atoms with van der Waals surface area (Å²) < 4.78 is 25.1. The smallest absolute Gasteiger partial charge is 0.209 e. The van der Waals surface area contributed by atoms with Crippen LogP contribution in [0.1, 0.15) is 48.3 Å². The van der Waals surface area contributed by atoms with E-state index in [-0.39, 0.29) is 0 Å². The highest BCUT2D eigenvalue weighted by molar-refractivity contribution is 7.88. The molecule has 1 aliphatic rings. The fraction of sp³-hybridized carbons (Fsp3) is 0.308. The second kappa shape index (κ2) is 9.25. The van der Waals surface area contributed by atoms with Crippen LogP contribution in [0, 0.1) is 0 Å². The summed E-state index contributed by atoms with van der Waals surface area (Å²) in [4.78, 5) is 0. The third-order valence-electron chi connectivity index (χ3n) is 6.16. The van der Waals surface area contributed by atoms with E-state index in [1.54, 1.807) is 0 Å². The van der Waals surface area contributed by atoms with E-state index in [0.29, 0.717) is 18.5 Å². The van der Waals surface area contributed by atoms with E-state index < -0.39 is 10.0 Å². The average molecular weight is 435 g/mol. The molecular weight excluding hydrogens is 404 g/mol. The van der Waals surface area contributed by atoms with Crippen LogP contribution in [0.4, 0.5) is 0 Å². The zero-order valence-electron chi connectivity index (χ0n) is 18.0. The first-order valence-electron chi connectivity index (χ1n) is 10.9. The fourth-order valence-corrected chi connectivity index (χ4v) is 4.99. The van der Waals surface area contributed by atoms with Crippen LogP contribution in [0.15, 0.2) is 73.3 Å². The van der Waals surface area contributed by atoms with Crippen LogP contribution in [0.3, 0.4) is 0 Å². The Bertz CT molecular complexity index is 1160. The van der Waals surface area contributed by atoms with E-state index in [4.69, 9.17) is 0 Å². The summed E-state index contributed by atoms with van der Waals surface area (Å²) in [5, 5.41) is 6.17. The summed E-state index contributed by atoms with van der Waals surface area (Å²) in [5.74, 6) is 0.503. The third-order valence-corrected chi connectivity index (χ3v) is 6.83. The van der Waals surface area contributed by atoms with Gasteiger partial charge in [0.05, 0.1) is 6.26 Å². The molecule has 0 radical (unpaired) electrons. The molecule has 2 atom stereocenters. The molecule has 0 saturated heterocycles. The summed E-state index contributed by atoms with van der Waals surface area (Å²) in [6, 6.07) is 23.5. The Morgan fingerprint density at radius 2 is 1.74 bits per heavy atom. The lowest BCUT2D eigenvalue weighted by Gasteiger charge is -2.31. The van der Waals surface area contributed by atoms with Gasteiger partial charge in [0.25, 0.3) is 0 Å². The SMILES string of the molecule is C=C(NC1CCCC(c2ccc(CNS(C)(=O)=O)cc2)C1)c1cccc2ccccc12. The van der Waals surface area contributed by atoms with E-state index in [1.807, 2.05) is 12.1 Å². The number of hydrogen-bond donors (Lipinski definition) is 2. The summed E-state index contributed by atoms with van der Waals surface area (Å²) in [6.45, 7) is 4.68. The van der Waals surface area contributed by atoms with Crippen molar-refractivity contribution < 1.29 is 8.42 Å². The van der Waals surface area contributed by atoms with Gasteiger partial charge in [-0.3, -0.25) is 0 Å². The molecule has 31 heavy (non-hydrogen) atoms. The van der Waals surface area contributed by atoms with Gasteiger partial charge in [-0.25, -0.2) is 13.1 Å². The molecule has 1 aliphatic carbocycles. The molecule has 1 saturated carbocycles. The second-order valence-corrected chi connectivity index (χ2v) is 10.4. The molecule has 3 aromatic rings. The first kappa shape index (κ1) is 21.6. The molecule has 0 aliphatic heterocycles. The maximum atomic E-state index is 11.3. The minimum atomic E-state index is -3.18.